The maximum atomic E-state index is 12.7. The Labute approximate surface area is 125 Å². The molecule has 0 saturated heterocycles. The van der Waals surface area contributed by atoms with Gasteiger partial charge in [-0.2, -0.15) is 5.26 Å². The van der Waals surface area contributed by atoms with E-state index in [0.29, 0.717) is 23.9 Å². The van der Waals surface area contributed by atoms with Crippen molar-refractivity contribution in [3.05, 3.63) is 35.4 Å². The first-order chi connectivity index (χ1) is 10.1. The Morgan fingerprint density at radius 3 is 2.57 bits per heavy atom. The van der Waals surface area contributed by atoms with Gasteiger partial charge in [0.2, 0.25) is 5.91 Å². The van der Waals surface area contributed by atoms with E-state index in [4.69, 9.17) is 11.0 Å². The molecule has 0 radical (unpaired) electrons. The van der Waals surface area contributed by atoms with E-state index in [9.17, 15) is 4.79 Å². The van der Waals surface area contributed by atoms with Crippen LogP contribution in [0.25, 0.3) is 0 Å². The second-order valence-electron chi connectivity index (χ2n) is 6.44. The lowest BCUT2D eigenvalue weighted by Crippen LogP contribution is -2.45. The summed E-state index contributed by atoms with van der Waals surface area (Å²) in [5.41, 5.74) is 7.94. The van der Waals surface area contributed by atoms with Crippen molar-refractivity contribution >= 4 is 5.91 Å². The minimum absolute atomic E-state index is 0.00660. The van der Waals surface area contributed by atoms with Crippen molar-refractivity contribution in [1.82, 2.24) is 4.90 Å². The van der Waals surface area contributed by atoms with Crippen LogP contribution in [-0.2, 0) is 11.3 Å². The van der Waals surface area contributed by atoms with Crippen LogP contribution in [0.15, 0.2) is 24.3 Å². The number of benzene rings is 1. The molecule has 3 rings (SSSR count). The van der Waals surface area contributed by atoms with Crippen molar-refractivity contribution in [3.8, 4) is 6.07 Å². The van der Waals surface area contributed by atoms with Crippen LogP contribution >= 0.6 is 0 Å². The third kappa shape index (κ3) is 2.54. The molecular weight excluding hydrogens is 262 g/mol. The van der Waals surface area contributed by atoms with E-state index in [1.807, 2.05) is 19.2 Å². The highest BCUT2D eigenvalue weighted by molar-refractivity contribution is 5.80. The highest BCUT2D eigenvalue weighted by Gasteiger charge is 2.49. The summed E-state index contributed by atoms with van der Waals surface area (Å²) < 4.78 is 0. The van der Waals surface area contributed by atoms with Gasteiger partial charge in [0, 0.05) is 19.6 Å². The Bertz CT molecular complexity index is 573. The number of amides is 1. The molecule has 2 aliphatic rings. The Hall–Kier alpha value is -1.86. The summed E-state index contributed by atoms with van der Waals surface area (Å²) in [6, 6.07) is 9.53. The number of carbonyl (C=O) groups excluding carboxylic acids is 1. The van der Waals surface area contributed by atoms with Gasteiger partial charge in [0.15, 0.2) is 0 Å². The molecular formula is C17H21N3O. The highest BCUT2D eigenvalue weighted by Crippen LogP contribution is 2.48. The van der Waals surface area contributed by atoms with E-state index in [0.717, 1.165) is 18.4 Å². The molecule has 4 nitrogen and oxygen atoms in total. The first-order valence-corrected chi connectivity index (χ1v) is 7.59. The van der Waals surface area contributed by atoms with Gasteiger partial charge < -0.3 is 10.6 Å². The summed E-state index contributed by atoms with van der Waals surface area (Å²) in [6.07, 6.45) is 3.47. The second kappa shape index (κ2) is 5.50. The van der Waals surface area contributed by atoms with Crippen LogP contribution in [-0.4, -0.2) is 23.9 Å². The van der Waals surface area contributed by atoms with Crippen molar-refractivity contribution in [2.75, 3.05) is 7.05 Å². The molecule has 1 aromatic carbocycles. The van der Waals surface area contributed by atoms with Gasteiger partial charge >= 0.3 is 0 Å². The van der Waals surface area contributed by atoms with Crippen LogP contribution in [0.2, 0.25) is 0 Å². The Morgan fingerprint density at radius 1 is 1.33 bits per heavy atom. The molecule has 1 aromatic rings. The SMILES string of the molecule is CN(Cc1ccc(C#N)cc1)C(=O)C1C2CCC(C2)C1N. The van der Waals surface area contributed by atoms with E-state index >= 15 is 0 Å². The number of nitriles is 1. The third-order valence-electron chi connectivity index (χ3n) is 5.14. The van der Waals surface area contributed by atoms with Gasteiger partial charge in [-0.1, -0.05) is 12.1 Å². The van der Waals surface area contributed by atoms with Crippen LogP contribution < -0.4 is 5.73 Å². The summed E-state index contributed by atoms with van der Waals surface area (Å²) in [5.74, 6) is 1.22. The van der Waals surface area contributed by atoms with Gasteiger partial charge in [0.1, 0.15) is 0 Å². The highest BCUT2D eigenvalue weighted by atomic mass is 16.2. The lowest BCUT2D eigenvalue weighted by Gasteiger charge is -2.30. The molecule has 2 bridgehead atoms. The Morgan fingerprint density at radius 2 is 2.00 bits per heavy atom. The number of nitrogens with zero attached hydrogens (tertiary/aromatic N) is 2. The first-order valence-electron chi connectivity index (χ1n) is 7.59. The zero-order chi connectivity index (χ0) is 15.0. The smallest absolute Gasteiger partial charge is 0.227 e. The van der Waals surface area contributed by atoms with Crippen molar-refractivity contribution < 1.29 is 4.79 Å². The summed E-state index contributed by atoms with van der Waals surface area (Å²) in [7, 11) is 1.85. The fourth-order valence-corrected chi connectivity index (χ4v) is 3.99. The number of carbonyl (C=O) groups is 1. The van der Waals surface area contributed by atoms with Gasteiger partial charge in [-0.3, -0.25) is 4.79 Å². The molecule has 2 N–H and O–H groups in total. The molecule has 4 heteroatoms. The minimum Gasteiger partial charge on any atom is -0.341 e. The number of rotatable bonds is 3. The number of hydrogen-bond donors (Lipinski definition) is 1. The van der Waals surface area contributed by atoms with Crippen LogP contribution in [0, 0.1) is 29.1 Å². The molecule has 2 aliphatic carbocycles. The lowest BCUT2D eigenvalue weighted by atomic mass is 9.84. The maximum absolute atomic E-state index is 12.7. The van der Waals surface area contributed by atoms with Gasteiger partial charge in [-0.25, -0.2) is 0 Å². The topological polar surface area (TPSA) is 70.1 Å². The molecule has 0 heterocycles. The van der Waals surface area contributed by atoms with Crippen molar-refractivity contribution in [3.63, 3.8) is 0 Å². The fraction of sp³-hybridized carbons (Fsp3) is 0.529. The maximum Gasteiger partial charge on any atom is 0.227 e. The largest absolute Gasteiger partial charge is 0.341 e. The van der Waals surface area contributed by atoms with Crippen molar-refractivity contribution in [1.29, 1.82) is 5.26 Å². The number of nitrogens with two attached hydrogens (primary N) is 1. The number of hydrogen-bond acceptors (Lipinski definition) is 3. The normalized spacial score (nSPS) is 30.1. The molecule has 1 amide bonds. The van der Waals surface area contributed by atoms with Gasteiger partial charge in [-0.15, -0.1) is 0 Å². The Balaban J connectivity index is 1.66. The third-order valence-corrected chi connectivity index (χ3v) is 5.14. The van der Waals surface area contributed by atoms with Crippen LogP contribution in [0.4, 0.5) is 0 Å². The van der Waals surface area contributed by atoms with E-state index in [1.54, 1.807) is 17.0 Å². The summed E-state index contributed by atoms with van der Waals surface area (Å²) in [4.78, 5) is 14.5. The predicted octanol–water partition coefficient (Wildman–Crippen LogP) is 1.89. The van der Waals surface area contributed by atoms with Gasteiger partial charge in [0.05, 0.1) is 17.6 Å². The standard InChI is InChI=1S/C17H21N3O/c1-20(10-12-4-2-11(9-18)3-5-12)17(21)15-13-6-7-14(8-13)16(15)19/h2-5,13-16H,6-8,10,19H2,1H3. The first kappa shape index (κ1) is 14.1. The minimum atomic E-state index is 0.00660. The van der Waals surface area contributed by atoms with E-state index in [2.05, 4.69) is 6.07 Å². The Kier molecular flexibility index (Phi) is 3.69. The summed E-state index contributed by atoms with van der Waals surface area (Å²) in [6.45, 7) is 0.575. The van der Waals surface area contributed by atoms with E-state index in [-0.39, 0.29) is 17.9 Å². The van der Waals surface area contributed by atoms with Crippen LogP contribution in [0.5, 0.6) is 0 Å². The molecule has 2 saturated carbocycles. The van der Waals surface area contributed by atoms with Crippen molar-refractivity contribution in [2.45, 2.75) is 31.8 Å². The lowest BCUT2D eigenvalue weighted by molar-refractivity contribution is -0.137. The molecule has 4 atom stereocenters. The quantitative estimate of drug-likeness (QED) is 0.921. The fourth-order valence-electron chi connectivity index (χ4n) is 3.99. The molecule has 0 aromatic heterocycles. The summed E-state index contributed by atoms with van der Waals surface area (Å²) in [5, 5.41) is 8.80. The molecule has 4 unspecified atom stereocenters. The van der Waals surface area contributed by atoms with E-state index < -0.39 is 0 Å². The van der Waals surface area contributed by atoms with Crippen LogP contribution in [0.3, 0.4) is 0 Å². The van der Waals surface area contributed by atoms with Crippen molar-refractivity contribution in [2.24, 2.45) is 23.5 Å². The second-order valence-corrected chi connectivity index (χ2v) is 6.44. The predicted molar refractivity (Wildman–Crippen MR) is 79.9 cm³/mol. The average molecular weight is 283 g/mol. The van der Waals surface area contributed by atoms with Crippen LogP contribution in [0.1, 0.15) is 30.4 Å². The molecule has 110 valence electrons. The summed E-state index contributed by atoms with van der Waals surface area (Å²) >= 11 is 0. The monoisotopic (exact) mass is 283 g/mol. The van der Waals surface area contributed by atoms with E-state index in [1.165, 1.54) is 6.42 Å². The zero-order valence-electron chi connectivity index (χ0n) is 12.3. The van der Waals surface area contributed by atoms with Gasteiger partial charge in [-0.05, 0) is 48.8 Å². The molecule has 2 fully saturated rings. The molecule has 0 aliphatic heterocycles. The zero-order valence-corrected chi connectivity index (χ0v) is 12.3. The number of fused-ring (bicyclic) bond motifs is 2. The average Bonchev–Trinajstić information content (AvgIpc) is 3.08. The van der Waals surface area contributed by atoms with Gasteiger partial charge in [0.25, 0.3) is 0 Å². The molecule has 21 heavy (non-hydrogen) atoms. The molecule has 0 spiro atoms.